The maximum Gasteiger partial charge on any atom is 0.679 e. The molecular formula is C20H44O4Si. The van der Waals surface area contributed by atoms with Crippen molar-refractivity contribution in [2.24, 2.45) is 0 Å². The van der Waals surface area contributed by atoms with Crippen molar-refractivity contribution in [3.63, 3.8) is 0 Å². The molecule has 25 heavy (non-hydrogen) atoms. The Morgan fingerprint density at radius 1 is 0.400 bits per heavy atom. The van der Waals surface area contributed by atoms with E-state index in [0.717, 1.165) is 25.7 Å². The molecule has 0 heterocycles. The lowest BCUT2D eigenvalue weighted by atomic mass is 10.3. The Morgan fingerprint density at radius 2 is 0.640 bits per heavy atom. The van der Waals surface area contributed by atoms with Crippen LogP contribution in [0.25, 0.3) is 0 Å². The highest BCUT2D eigenvalue weighted by atomic mass is 28.4. The Hall–Kier alpha value is 0.0569. The summed E-state index contributed by atoms with van der Waals surface area (Å²) < 4.78 is 24.6. The van der Waals surface area contributed by atoms with Crippen molar-refractivity contribution in [3.8, 4) is 0 Å². The molecule has 5 heteroatoms. The summed E-state index contributed by atoms with van der Waals surface area (Å²) in [5.41, 5.74) is 0. The first kappa shape index (κ1) is 25.1. The zero-order valence-electron chi connectivity index (χ0n) is 17.4. The molecule has 0 aromatic rings. The van der Waals surface area contributed by atoms with Gasteiger partial charge in [0, 0.05) is 26.4 Å². The van der Waals surface area contributed by atoms with Gasteiger partial charge in [-0.05, 0) is 25.7 Å². The molecule has 0 rings (SSSR count). The molecule has 0 unspecified atom stereocenters. The molecule has 152 valence electrons. The van der Waals surface area contributed by atoms with Crippen molar-refractivity contribution in [2.45, 2.75) is 105 Å². The zero-order chi connectivity index (χ0) is 18.6. The predicted octanol–water partition coefficient (Wildman–Crippen LogP) is 6.25. The summed E-state index contributed by atoms with van der Waals surface area (Å²) in [7, 11) is -3.00. The molecule has 0 aromatic carbocycles. The van der Waals surface area contributed by atoms with E-state index >= 15 is 0 Å². The van der Waals surface area contributed by atoms with Gasteiger partial charge in [-0.2, -0.15) is 0 Å². The highest BCUT2D eigenvalue weighted by Gasteiger charge is 2.45. The summed E-state index contributed by atoms with van der Waals surface area (Å²) in [6.45, 7) is 11.5. The first-order valence-electron chi connectivity index (χ1n) is 10.8. The monoisotopic (exact) mass is 376 g/mol. The van der Waals surface area contributed by atoms with E-state index in [1.54, 1.807) is 0 Å². The quantitative estimate of drug-likeness (QED) is 0.186. The maximum atomic E-state index is 6.14. The van der Waals surface area contributed by atoms with Gasteiger partial charge in [0.2, 0.25) is 0 Å². The Morgan fingerprint density at radius 3 is 0.840 bits per heavy atom. The molecule has 0 aliphatic carbocycles. The average Bonchev–Trinajstić information content (AvgIpc) is 2.63. The average molecular weight is 377 g/mol. The number of hydrogen-bond donors (Lipinski definition) is 0. The van der Waals surface area contributed by atoms with Crippen LogP contribution in [-0.2, 0) is 17.7 Å². The van der Waals surface area contributed by atoms with Crippen LogP contribution in [0.4, 0.5) is 0 Å². The van der Waals surface area contributed by atoms with E-state index in [2.05, 4.69) is 27.7 Å². The van der Waals surface area contributed by atoms with E-state index in [1.165, 1.54) is 51.4 Å². The Bertz CT molecular complexity index is 211. The normalized spacial score (nSPS) is 12.0. The molecule has 0 amide bonds. The van der Waals surface area contributed by atoms with Crippen LogP contribution in [0.1, 0.15) is 105 Å². The van der Waals surface area contributed by atoms with Gasteiger partial charge in [0.15, 0.2) is 0 Å². The van der Waals surface area contributed by atoms with E-state index in [0.29, 0.717) is 26.4 Å². The molecule has 0 aliphatic heterocycles. The van der Waals surface area contributed by atoms with Gasteiger partial charge in [-0.25, -0.2) is 0 Å². The highest BCUT2D eigenvalue weighted by Crippen LogP contribution is 2.17. The lowest BCUT2D eigenvalue weighted by Crippen LogP contribution is -2.50. The number of unbranched alkanes of at least 4 members (excludes halogenated alkanes) is 8. The number of hydrogen-bond acceptors (Lipinski definition) is 4. The van der Waals surface area contributed by atoms with Crippen LogP contribution in [0.3, 0.4) is 0 Å². The molecule has 0 bridgehead atoms. The summed E-state index contributed by atoms with van der Waals surface area (Å²) >= 11 is 0. The SMILES string of the molecule is CCCCCO[Si](OCCCCC)(OCCCCC)OCCCCC. The number of rotatable bonds is 20. The van der Waals surface area contributed by atoms with E-state index in [4.69, 9.17) is 17.7 Å². The Balaban J connectivity index is 4.62. The van der Waals surface area contributed by atoms with Crippen molar-refractivity contribution < 1.29 is 17.7 Å². The van der Waals surface area contributed by atoms with Gasteiger partial charge >= 0.3 is 9.05 Å². The molecular weight excluding hydrogens is 332 g/mol. The summed E-state index contributed by atoms with van der Waals surface area (Å²) in [5, 5.41) is 0. The van der Waals surface area contributed by atoms with E-state index in [9.17, 15) is 0 Å². The minimum absolute atomic E-state index is 0.676. The van der Waals surface area contributed by atoms with Crippen LogP contribution in [0.5, 0.6) is 0 Å². The van der Waals surface area contributed by atoms with Crippen LogP contribution in [-0.4, -0.2) is 35.5 Å². The standard InChI is InChI=1S/C20H44O4Si/c1-5-9-13-17-21-25(22-18-14-10-6-2,23-19-15-11-7-3)24-20-16-12-8-4/h5-20H2,1-4H3. The minimum atomic E-state index is -3.00. The van der Waals surface area contributed by atoms with Crippen molar-refractivity contribution in [1.29, 1.82) is 0 Å². The van der Waals surface area contributed by atoms with E-state index in [-0.39, 0.29) is 0 Å². The molecule has 0 fully saturated rings. The third-order valence-corrected chi connectivity index (χ3v) is 6.34. The second-order valence-corrected chi connectivity index (χ2v) is 8.88. The van der Waals surface area contributed by atoms with Gasteiger partial charge in [0.05, 0.1) is 0 Å². The first-order valence-corrected chi connectivity index (χ1v) is 12.4. The van der Waals surface area contributed by atoms with E-state index in [1.807, 2.05) is 0 Å². The second-order valence-electron chi connectivity index (χ2n) is 6.72. The summed E-state index contributed by atoms with van der Waals surface area (Å²) in [6, 6.07) is 0. The largest absolute Gasteiger partial charge is 0.679 e. The van der Waals surface area contributed by atoms with Crippen molar-refractivity contribution in [1.82, 2.24) is 0 Å². The smallest absolute Gasteiger partial charge is 0.351 e. The fraction of sp³-hybridized carbons (Fsp3) is 1.00. The lowest BCUT2D eigenvalue weighted by molar-refractivity contribution is -0.0374. The fourth-order valence-electron chi connectivity index (χ4n) is 2.45. The van der Waals surface area contributed by atoms with Crippen LogP contribution in [0.2, 0.25) is 0 Å². The van der Waals surface area contributed by atoms with Gasteiger partial charge in [0.1, 0.15) is 0 Å². The zero-order valence-corrected chi connectivity index (χ0v) is 18.4. The topological polar surface area (TPSA) is 36.9 Å². The molecule has 0 aliphatic rings. The van der Waals surface area contributed by atoms with E-state index < -0.39 is 9.05 Å². The second kappa shape index (κ2) is 18.8. The van der Waals surface area contributed by atoms with Gasteiger partial charge in [0.25, 0.3) is 0 Å². The third-order valence-electron chi connectivity index (χ3n) is 4.11. The van der Waals surface area contributed by atoms with Gasteiger partial charge in [-0.15, -0.1) is 0 Å². The summed E-state index contributed by atoms with van der Waals surface area (Å²) in [5.74, 6) is 0. The molecule has 0 N–H and O–H groups in total. The molecule has 0 spiro atoms. The van der Waals surface area contributed by atoms with Crippen molar-refractivity contribution >= 4 is 9.05 Å². The summed E-state index contributed by atoms with van der Waals surface area (Å²) in [6.07, 6.45) is 13.6. The predicted molar refractivity (Wildman–Crippen MR) is 108 cm³/mol. The van der Waals surface area contributed by atoms with Gasteiger partial charge in [-0.3, -0.25) is 0 Å². The molecule has 4 nitrogen and oxygen atoms in total. The van der Waals surface area contributed by atoms with Crippen molar-refractivity contribution in [2.75, 3.05) is 26.4 Å². The molecule has 0 saturated carbocycles. The van der Waals surface area contributed by atoms with Crippen LogP contribution in [0, 0.1) is 0 Å². The van der Waals surface area contributed by atoms with Gasteiger partial charge < -0.3 is 17.7 Å². The fourth-order valence-corrected chi connectivity index (χ4v) is 4.52. The first-order chi connectivity index (χ1) is 12.2. The van der Waals surface area contributed by atoms with Crippen molar-refractivity contribution in [3.05, 3.63) is 0 Å². The van der Waals surface area contributed by atoms with Crippen LogP contribution >= 0.6 is 0 Å². The summed E-state index contributed by atoms with van der Waals surface area (Å²) in [4.78, 5) is 0. The van der Waals surface area contributed by atoms with Crippen LogP contribution in [0.15, 0.2) is 0 Å². The third kappa shape index (κ3) is 14.9. The minimum Gasteiger partial charge on any atom is -0.351 e. The molecule has 0 radical (unpaired) electrons. The Labute approximate surface area is 158 Å². The molecule has 0 atom stereocenters. The Kier molecular flexibility index (Phi) is 18.9. The molecule has 0 saturated heterocycles. The van der Waals surface area contributed by atoms with Crippen LogP contribution < -0.4 is 0 Å². The van der Waals surface area contributed by atoms with Gasteiger partial charge in [-0.1, -0.05) is 79.1 Å². The lowest BCUT2D eigenvalue weighted by Gasteiger charge is -2.28. The highest BCUT2D eigenvalue weighted by molar-refractivity contribution is 6.53. The maximum absolute atomic E-state index is 6.14. The molecule has 0 aromatic heterocycles.